The van der Waals surface area contributed by atoms with E-state index in [0.29, 0.717) is 6.04 Å². The van der Waals surface area contributed by atoms with Crippen LogP contribution in [0, 0.1) is 0 Å². The van der Waals surface area contributed by atoms with Gasteiger partial charge in [-0.25, -0.2) is 0 Å². The fraction of sp³-hybridized carbons (Fsp3) is 0.263. The first-order chi connectivity index (χ1) is 9.72. The van der Waals surface area contributed by atoms with E-state index in [-0.39, 0.29) is 5.41 Å². The van der Waals surface area contributed by atoms with Crippen LogP contribution in [-0.4, -0.2) is 25.0 Å². The van der Waals surface area contributed by atoms with Gasteiger partial charge in [0.2, 0.25) is 0 Å². The third-order valence-corrected chi connectivity index (χ3v) is 4.38. The Morgan fingerprint density at radius 2 is 1.35 bits per heavy atom. The molecule has 20 heavy (non-hydrogen) atoms. The molecule has 1 nitrogen and oxygen atoms in total. The van der Waals surface area contributed by atoms with Crippen molar-refractivity contribution in [2.24, 2.45) is 0 Å². The molecular weight excluding hydrogens is 242 g/mol. The molecular formula is C19H21N. The number of allylic oxidation sites excluding steroid dienone is 1. The Morgan fingerprint density at radius 1 is 0.850 bits per heavy atom. The van der Waals surface area contributed by atoms with Crippen LogP contribution < -0.4 is 0 Å². The third kappa shape index (κ3) is 2.19. The summed E-state index contributed by atoms with van der Waals surface area (Å²) in [5.74, 6) is 0. The van der Waals surface area contributed by atoms with E-state index >= 15 is 0 Å². The van der Waals surface area contributed by atoms with Crippen molar-refractivity contribution in [2.75, 3.05) is 14.1 Å². The maximum absolute atomic E-state index is 2.39. The Bertz CT molecular complexity index is 544. The quantitative estimate of drug-likeness (QED) is 0.760. The summed E-state index contributed by atoms with van der Waals surface area (Å²) in [4.78, 5) is 2.30. The van der Waals surface area contributed by atoms with Gasteiger partial charge in [-0.3, -0.25) is 0 Å². The molecule has 1 aliphatic rings. The zero-order valence-electron chi connectivity index (χ0n) is 12.2. The molecule has 0 aliphatic heterocycles. The molecule has 0 aromatic heterocycles. The Hall–Kier alpha value is -1.86. The molecule has 0 amide bonds. The molecule has 0 bridgehead atoms. The van der Waals surface area contributed by atoms with Crippen LogP contribution in [0.15, 0.2) is 72.8 Å². The van der Waals surface area contributed by atoms with Crippen molar-refractivity contribution in [3.8, 4) is 0 Å². The molecule has 0 radical (unpaired) electrons. The van der Waals surface area contributed by atoms with Crippen LogP contribution in [0.1, 0.15) is 17.5 Å². The second-order valence-corrected chi connectivity index (χ2v) is 5.80. The van der Waals surface area contributed by atoms with Crippen LogP contribution in [-0.2, 0) is 5.41 Å². The lowest BCUT2D eigenvalue weighted by Crippen LogP contribution is -2.31. The van der Waals surface area contributed by atoms with Crippen molar-refractivity contribution >= 4 is 0 Å². The van der Waals surface area contributed by atoms with E-state index in [1.54, 1.807) is 0 Å². The van der Waals surface area contributed by atoms with Gasteiger partial charge in [0.1, 0.15) is 0 Å². The van der Waals surface area contributed by atoms with Crippen molar-refractivity contribution in [1.82, 2.24) is 4.90 Å². The zero-order chi connectivity index (χ0) is 14.0. The molecule has 1 heteroatoms. The van der Waals surface area contributed by atoms with Gasteiger partial charge in [-0.1, -0.05) is 72.8 Å². The molecule has 0 saturated heterocycles. The Morgan fingerprint density at radius 3 is 1.75 bits per heavy atom. The first kappa shape index (κ1) is 13.1. The number of benzene rings is 2. The molecule has 3 rings (SSSR count). The summed E-state index contributed by atoms with van der Waals surface area (Å²) in [6.07, 6.45) is 5.84. The van der Waals surface area contributed by atoms with E-state index in [1.807, 2.05) is 0 Å². The second-order valence-electron chi connectivity index (χ2n) is 5.80. The van der Waals surface area contributed by atoms with Gasteiger partial charge in [0, 0.05) is 11.5 Å². The lowest BCUT2D eigenvalue weighted by Gasteiger charge is -2.31. The lowest BCUT2D eigenvalue weighted by atomic mass is 9.73. The highest BCUT2D eigenvalue weighted by atomic mass is 15.1. The van der Waals surface area contributed by atoms with E-state index in [9.17, 15) is 0 Å². The van der Waals surface area contributed by atoms with Gasteiger partial charge in [-0.2, -0.15) is 0 Å². The van der Waals surface area contributed by atoms with Crippen LogP contribution in [0.3, 0.4) is 0 Å². The molecule has 102 valence electrons. The van der Waals surface area contributed by atoms with Crippen LogP contribution in [0.4, 0.5) is 0 Å². The minimum Gasteiger partial charge on any atom is -0.303 e. The number of nitrogens with zero attached hydrogens (tertiary/aromatic N) is 1. The van der Waals surface area contributed by atoms with Gasteiger partial charge >= 0.3 is 0 Å². The first-order valence-corrected chi connectivity index (χ1v) is 7.19. The largest absolute Gasteiger partial charge is 0.303 e. The molecule has 2 aromatic rings. The summed E-state index contributed by atoms with van der Waals surface area (Å²) in [6, 6.07) is 22.2. The summed E-state index contributed by atoms with van der Waals surface area (Å²) in [5, 5.41) is 0. The van der Waals surface area contributed by atoms with E-state index in [4.69, 9.17) is 0 Å². The molecule has 2 aromatic carbocycles. The molecule has 0 fully saturated rings. The van der Waals surface area contributed by atoms with Crippen molar-refractivity contribution in [2.45, 2.75) is 17.9 Å². The average molecular weight is 263 g/mol. The average Bonchev–Trinajstić information content (AvgIpc) is 2.96. The van der Waals surface area contributed by atoms with Crippen LogP contribution in [0.5, 0.6) is 0 Å². The van der Waals surface area contributed by atoms with Gasteiger partial charge in [0.25, 0.3) is 0 Å². The molecule has 0 saturated carbocycles. The summed E-state index contributed by atoms with van der Waals surface area (Å²) >= 11 is 0. The summed E-state index contributed by atoms with van der Waals surface area (Å²) < 4.78 is 0. The minimum atomic E-state index is 0.0114. The van der Waals surface area contributed by atoms with E-state index in [0.717, 1.165) is 6.42 Å². The van der Waals surface area contributed by atoms with E-state index < -0.39 is 0 Å². The normalized spacial score (nSPS) is 20.4. The number of rotatable bonds is 3. The van der Waals surface area contributed by atoms with Crippen LogP contribution in [0.25, 0.3) is 0 Å². The van der Waals surface area contributed by atoms with Crippen molar-refractivity contribution in [3.05, 3.63) is 83.9 Å². The maximum atomic E-state index is 2.39. The monoisotopic (exact) mass is 263 g/mol. The summed E-state index contributed by atoms with van der Waals surface area (Å²) in [5.41, 5.74) is 2.77. The summed E-state index contributed by atoms with van der Waals surface area (Å²) in [7, 11) is 4.31. The topological polar surface area (TPSA) is 3.24 Å². The highest BCUT2D eigenvalue weighted by Gasteiger charge is 2.38. The van der Waals surface area contributed by atoms with E-state index in [2.05, 4.69) is 91.8 Å². The van der Waals surface area contributed by atoms with Gasteiger partial charge in [-0.05, 0) is 31.6 Å². The third-order valence-electron chi connectivity index (χ3n) is 4.38. The van der Waals surface area contributed by atoms with Crippen molar-refractivity contribution < 1.29 is 0 Å². The zero-order valence-corrected chi connectivity index (χ0v) is 12.2. The first-order valence-electron chi connectivity index (χ1n) is 7.19. The maximum Gasteiger partial charge on any atom is 0.0400 e. The number of hydrogen-bond acceptors (Lipinski definition) is 1. The van der Waals surface area contributed by atoms with Gasteiger partial charge in [0.15, 0.2) is 0 Å². The molecule has 0 heterocycles. The number of likely N-dealkylation sites (N-methyl/N-ethyl adjacent to an activating group) is 1. The van der Waals surface area contributed by atoms with Gasteiger partial charge in [0.05, 0.1) is 0 Å². The predicted molar refractivity (Wildman–Crippen MR) is 84.9 cm³/mol. The van der Waals surface area contributed by atoms with Gasteiger partial charge in [-0.15, -0.1) is 0 Å². The fourth-order valence-corrected chi connectivity index (χ4v) is 3.16. The van der Waals surface area contributed by atoms with Crippen molar-refractivity contribution in [3.63, 3.8) is 0 Å². The second kappa shape index (κ2) is 5.26. The highest BCUT2D eigenvalue weighted by molar-refractivity contribution is 5.47. The molecule has 1 atom stereocenters. The van der Waals surface area contributed by atoms with Crippen LogP contribution >= 0.6 is 0 Å². The Balaban J connectivity index is 2.09. The van der Waals surface area contributed by atoms with E-state index in [1.165, 1.54) is 11.1 Å². The Labute approximate surface area is 121 Å². The molecule has 0 spiro atoms. The Kier molecular flexibility index (Phi) is 3.45. The summed E-state index contributed by atoms with van der Waals surface area (Å²) in [6.45, 7) is 0. The lowest BCUT2D eigenvalue weighted by molar-refractivity contribution is 0.318. The van der Waals surface area contributed by atoms with Gasteiger partial charge < -0.3 is 4.90 Å². The standard InChI is InChI=1S/C19H21N/c1-20(2)18-13-14-19(15-18,16-9-5-3-6-10-16)17-11-7-4-8-12-17/h3-14,18H,15H2,1-2H3. The molecule has 1 aliphatic carbocycles. The number of hydrogen-bond donors (Lipinski definition) is 0. The molecule has 0 N–H and O–H groups in total. The minimum absolute atomic E-state index is 0.0114. The highest BCUT2D eigenvalue weighted by Crippen LogP contribution is 2.42. The SMILES string of the molecule is CN(C)C1C=CC(c2ccccc2)(c2ccccc2)C1. The predicted octanol–water partition coefficient (Wildman–Crippen LogP) is 3.86. The van der Waals surface area contributed by atoms with Crippen LogP contribution in [0.2, 0.25) is 0 Å². The molecule has 1 unspecified atom stereocenters. The van der Waals surface area contributed by atoms with Crippen molar-refractivity contribution in [1.29, 1.82) is 0 Å². The fourth-order valence-electron chi connectivity index (χ4n) is 3.16. The smallest absolute Gasteiger partial charge is 0.0400 e.